The molecule has 0 aliphatic carbocycles. The Labute approximate surface area is 128 Å². The first-order valence-corrected chi connectivity index (χ1v) is 7.68. The minimum absolute atomic E-state index is 0.0825. The minimum Gasteiger partial charge on any atom is -0.494 e. The molecule has 0 unspecified atom stereocenters. The van der Waals surface area contributed by atoms with Gasteiger partial charge in [0.2, 0.25) is 0 Å². The van der Waals surface area contributed by atoms with E-state index in [1.54, 1.807) is 7.11 Å². The molecule has 1 aromatic carbocycles. The molecule has 5 heteroatoms. The molecule has 21 heavy (non-hydrogen) atoms. The van der Waals surface area contributed by atoms with Gasteiger partial charge in [-0.15, -0.1) is 11.3 Å². The topological polar surface area (TPSA) is 47.6 Å². The van der Waals surface area contributed by atoms with Gasteiger partial charge in [-0.25, -0.2) is 0 Å². The number of hydrogen-bond donors (Lipinski definition) is 1. The molecular formula is C16H19NO3S. The second-order valence-corrected chi connectivity index (χ2v) is 5.41. The van der Waals surface area contributed by atoms with E-state index in [2.05, 4.69) is 5.32 Å². The highest BCUT2D eigenvalue weighted by Crippen LogP contribution is 2.19. The third-order valence-corrected chi connectivity index (χ3v) is 3.85. The van der Waals surface area contributed by atoms with Crippen LogP contribution in [0.3, 0.4) is 0 Å². The Bertz CT molecular complexity index is 551. The fraction of sp³-hybridized carbons (Fsp3) is 0.312. The number of carbonyl (C=O) groups excluding carboxylic acids is 1. The zero-order valence-electron chi connectivity index (χ0n) is 12.2. The van der Waals surface area contributed by atoms with Crippen LogP contribution in [0.15, 0.2) is 41.8 Å². The van der Waals surface area contributed by atoms with Crippen molar-refractivity contribution in [1.29, 1.82) is 0 Å². The number of amides is 1. The summed E-state index contributed by atoms with van der Waals surface area (Å²) < 4.78 is 10.6. The van der Waals surface area contributed by atoms with Gasteiger partial charge < -0.3 is 14.8 Å². The highest BCUT2D eigenvalue weighted by molar-refractivity contribution is 7.12. The smallest absolute Gasteiger partial charge is 0.261 e. The summed E-state index contributed by atoms with van der Waals surface area (Å²) in [5, 5.41) is 4.88. The molecule has 0 fully saturated rings. The number of benzene rings is 1. The van der Waals surface area contributed by atoms with E-state index < -0.39 is 0 Å². The molecule has 1 amide bonds. The fourth-order valence-corrected chi connectivity index (χ4v) is 2.61. The lowest BCUT2D eigenvalue weighted by atomic mass is 10.1. The quantitative estimate of drug-likeness (QED) is 0.854. The van der Waals surface area contributed by atoms with Crippen molar-refractivity contribution in [3.63, 3.8) is 0 Å². The van der Waals surface area contributed by atoms with Gasteiger partial charge in [0.1, 0.15) is 5.75 Å². The van der Waals surface area contributed by atoms with Crippen LogP contribution in [0.5, 0.6) is 5.75 Å². The van der Waals surface area contributed by atoms with Crippen LogP contribution in [-0.4, -0.2) is 26.2 Å². The van der Waals surface area contributed by atoms with Crippen LogP contribution in [0.1, 0.15) is 28.2 Å². The van der Waals surface area contributed by atoms with Crippen molar-refractivity contribution in [1.82, 2.24) is 5.32 Å². The number of thiophene rings is 1. The lowest BCUT2D eigenvalue weighted by Gasteiger charge is -2.18. The predicted octanol–water partition coefficient (Wildman–Crippen LogP) is 3.26. The standard InChI is InChI=1S/C16H19NO3S/c1-3-20-13-8-6-12(7-9-13)14(11-19-2)17-16(18)15-5-4-10-21-15/h4-10,14H,3,11H2,1-2H3,(H,17,18)/t14-/m0/s1. The summed E-state index contributed by atoms with van der Waals surface area (Å²) in [6, 6.07) is 11.2. The van der Waals surface area contributed by atoms with Crippen molar-refractivity contribution < 1.29 is 14.3 Å². The predicted molar refractivity (Wildman–Crippen MR) is 84.0 cm³/mol. The van der Waals surface area contributed by atoms with E-state index in [4.69, 9.17) is 9.47 Å². The first kappa shape index (κ1) is 15.5. The van der Waals surface area contributed by atoms with Crippen LogP contribution >= 0.6 is 11.3 Å². The van der Waals surface area contributed by atoms with Gasteiger partial charge in [-0.3, -0.25) is 4.79 Å². The molecule has 0 aliphatic rings. The number of carbonyl (C=O) groups is 1. The summed E-state index contributed by atoms with van der Waals surface area (Å²) in [5.41, 5.74) is 0.991. The van der Waals surface area contributed by atoms with Crippen molar-refractivity contribution in [3.8, 4) is 5.75 Å². The highest BCUT2D eigenvalue weighted by atomic mass is 32.1. The van der Waals surface area contributed by atoms with Gasteiger partial charge in [-0.1, -0.05) is 18.2 Å². The van der Waals surface area contributed by atoms with Crippen molar-refractivity contribution in [2.24, 2.45) is 0 Å². The van der Waals surface area contributed by atoms with Gasteiger partial charge in [0.15, 0.2) is 0 Å². The maximum absolute atomic E-state index is 12.2. The fourth-order valence-electron chi connectivity index (χ4n) is 1.99. The Morgan fingerprint density at radius 1 is 1.29 bits per heavy atom. The maximum Gasteiger partial charge on any atom is 0.261 e. The van der Waals surface area contributed by atoms with Crippen LogP contribution in [0.2, 0.25) is 0 Å². The second-order valence-electron chi connectivity index (χ2n) is 4.46. The Balaban J connectivity index is 2.09. The molecule has 1 heterocycles. The number of methoxy groups -OCH3 is 1. The van der Waals surface area contributed by atoms with Crippen LogP contribution in [0.25, 0.3) is 0 Å². The maximum atomic E-state index is 12.2. The Morgan fingerprint density at radius 3 is 2.62 bits per heavy atom. The summed E-state index contributed by atoms with van der Waals surface area (Å²) in [4.78, 5) is 12.8. The number of ether oxygens (including phenoxy) is 2. The average molecular weight is 305 g/mol. The second kappa shape index (κ2) is 7.81. The van der Waals surface area contributed by atoms with Crippen LogP contribution < -0.4 is 10.1 Å². The molecule has 0 saturated carbocycles. The normalized spacial score (nSPS) is 11.9. The zero-order chi connectivity index (χ0) is 15.1. The van der Waals surface area contributed by atoms with Crippen molar-refractivity contribution >= 4 is 17.2 Å². The van der Waals surface area contributed by atoms with E-state index in [1.807, 2.05) is 48.7 Å². The lowest BCUT2D eigenvalue weighted by molar-refractivity contribution is 0.0900. The Kier molecular flexibility index (Phi) is 5.78. The van der Waals surface area contributed by atoms with Gasteiger partial charge >= 0.3 is 0 Å². The van der Waals surface area contributed by atoms with Crippen LogP contribution in [0, 0.1) is 0 Å². The molecule has 0 bridgehead atoms. The van der Waals surface area contributed by atoms with Gasteiger partial charge in [-0.05, 0) is 36.1 Å². The molecule has 0 spiro atoms. The molecule has 2 aromatic rings. The first-order valence-electron chi connectivity index (χ1n) is 6.80. The molecule has 1 aromatic heterocycles. The van der Waals surface area contributed by atoms with Crippen molar-refractivity contribution in [2.75, 3.05) is 20.3 Å². The largest absolute Gasteiger partial charge is 0.494 e. The Morgan fingerprint density at radius 2 is 2.05 bits per heavy atom. The van der Waals surface area contributed by atoms with E-state index in [0.29, 0.717) is 18.1 Å². The SMILES string of the molecule is CCOc1ccc([C@H](COC)NC(=O)c2cccs2)cc1. The number of rotatable bonds is 7. The van der Waals surface area contributed by atoms with E-state index in [9.17, 15) is 4.79 Å². The summed E-state index contributed by atoms with van der Waals surface area (Å²) in [5.74, 6) is 0.739. The minimum atomic E-state index is -0.180. The molecule has 1 N–H and O–H groups in total. The molecule has 0 saturated heterocycles. The first-order chi connectivity index (χ1) is 10.2. The average Bonchev–Trinajstić information content (AvgIpc) is 3.02. The summed E-state index contributed by atoms with van der Waals surface area (Å²) >= 11 is 1.42. The third kappa shape index (κ3) is 4.31. The van der Waals surface area contributed by atoms with Crippen LogP contribution in [-0.2, 0) is 4.74 Å². The number of nitrogens with one attached hydrogen (secondary N) is 1. The van der Waals surface area contributed by atoms with Gasteiger partial charge in [-0.2, -0.15) is 0 Å². The van der Waals surface area contributed by atoms with Crippen molar-refractivity contribution in [3.05, 3.63) is 52.2 Å². The van der Waals surface area contributed by atoms with Gasteiger partial charge in [0, 0.05) is 7.11 Å². The van der Waals surface area contributed by atoms with E-state index in [-0.39, 0.29) is 11.9 Å². The molecule has 1 atom stereocenters. The lowest BCUT2D eigenvalue weighted by Crippen LogP contribution is -2.30. The van der Waals surface area contributed by atoms with E-state index >= 15 is 0 Å². The zero-order valence-corrected chi connectivity index (χ0v) is 13.0. The molecule has 112 valence electrons. The molecule has 2 rings (SSSR count). The molecular weight excluding hydrogens is 286 g/mol. The molecule has 0 radical (unpaired) electrons. The highest BCUT2D eigenvalue weighted by Gasteiger charge is 2.16. The van der Waals surface area contributed by atoms with Gasteiger partial charge in [0.05, 0.1) is 24.1 Å². The van der Waals surface area contributed by atoms with Crippen LogP contribution in [0.4, 0.5) is 0 Å². The summed E-state index contributed by atoms with van der Waals surface area (Å²) in [6.45, 7) is 3.00. The molecule has 4 nitrogen and oxygen atoms in total. The Hall–Kier alpha value is -1.85. The third-order valence-electron chi connectivity index (χ3n) is 2.98. The van der Waals surface area contributed by atoms with E-state index in [1.165, 1.54) is 11.3 Å². The summed E-state index contributed by atoms with van der Waals surface area (Å²) in [7, 11) is 1.62. The van der Waals surface area contributed by atoms with E-state index in [0.717, 1.165) is 11.3 Å². The number of hydrogen-bond acceptors (Lipinski definition) is 4. The van der Waals surface area contributed by atoms with Gasteiger partial charge in [0.25, 0.3) is 5.91 Å². The monoisotopic (exact) mass is 305 g/mol. The molecule has 0 aliphatic heterocycles. The summed E-state index contributed by atoms with van der Waals surface area (Å²) in [6.07, 6.45) is 0. The van der Waals surface area contributed by atoms with Crippen molar-refractivity contribution in [2.45, 2.75) is 13.0 Å².